The summed E-state index contributed by atoms with van der Waals surface area (Å²) in [6, 6.07) is 16.4. The first-order valence-corrected chi connectivity index (χ1v) is 10.0. The molecule has 1 aliphatic heterocycles. The number of hydrogen-bond acceptors (Lipinski definition) is 4. The Bertz CT molecular complexity index is 934. The van der Waals surface area contributed by atoms with E-state index >= 15 is 0 Å². The molecule has 1 amide bonds. The van der Waals surface area contributed by atoms with E-state index in [1.807, 2.05) is 53.4 Å². The summed E-state index contributed by atoms with van der Waals surface area (Å²) >= 11 is 0. The number of rotatable bonds is 5. The molecule has 0 spiro atoms. The molecule has 150 valence electrons. The predicted molar refractivity (Wildman–Crippen MR) is 115 cm³/mol. The third-order valence-electron chi connectivity index (χ3n) is 5.35. The SMILES string of the molecule is C[C@H]1CN(Cc2ccc(N(C)C(=O)c3ccc(-n4cccc4)nc3)cc2)CCN1. The van der Waals surface area contributed by atoms with E-state index in [1.165, 1.54) is 5.56 Å². The summed E-state index contributed by atoms with van der Waals surface area (Å²) in [6.07, 6.45) is 5.49. The minimum absolute atomic E-state index is 0.0692. The molecule has 0 unspecified atom stereocenters. The topological polar surface area (TPSA) is 53.4 Å². The summed E-state index contributed by atoms with van der Waals surface area (Å²) in [5.74, 6) is 0.723. The fourth-order valence-corrected chi connectivity index (χ4v) is 3.70. The van der Waals surface area contributed by atoms with E-state index in [0.29, 0.717) is 11.6 Å². The number of benzene rings is 1. The van der Waals surface area contributed by atoms with Gasteiger partial charge in [-0.1, -0.05) is 12.1 Å². The van der Waals surface area contributed by atoms with Crippen molar-refractivity contribution in [2.24, 2.45) is 0 Å². The van der Waals surface area contributed by atoms with Crippen molar-refractivity contribution in [2.45, 2.75) is 19.5 Å². The maximum Gasteiger partial charge on any atom is 0.259 e. The highest BCUT2D eigenvalue weighted by atomic mass is 16.2. The van der Waals surface area contributed by atoms with Gasteiger partial charge in [0.05, 0.1) is 5.56 Å². The standard InChI is InChI=1S/C23H27N5O/c1-18-16-27(14-11-24-18)17-19-5-8-21(9-6-19)26(2)23(29)20-7-10-22(25-15-20)28-12-3-4-13-28/h3-10,12-13,15,18,24H,11,14,16-17H2,1-2H3/t18-/m0/s1. The van der Waals surface area contributed by atoms with Crippen LogP contribution in [-0.2, 0) is 6.54 Å². The molecule has 0 radical (unpaired) electrons. The van der Waals surface area contributed by atoms with Gasteiger partial charge in [-0.05, 0) is 48.9 Å². The number of aromatic nitrogens is 2. The molecule has 2 aromatic heterocycles. The van der Waals surface area contributed by atoms with Crippen LogP contribution in [0.4, 0.5) is 5.69 Å². The summed E-state index contributed by atoms with van der Waals surface area (Å²) in [6.45, 7) is 6.32. The van der Waals surface area contributed by atoms with Crippen LogP contribution in [0.2, 0.25) is 0 Å². The Labute approximate surface area is 171 Å². The summed E-state index contributed by atoms with van der Waals surface area (Å²) in [5.41, 5.74) is 2.71. The Morgan fingerprint density at radius 2 is 1.93 bits per heavy atom. The summed E-state index contributed by atoms with van der Waals surface area (Å²) in [4.78, 5) is 21.4. The van der Waals surface area contributed by atoms with Gasteiger partial charge in [0.15, 0.2) is 0 Å². The number of piperazine rings is 1. The van der Waals surface area contributed by atoms with E-state index in [-0.39, 0.29) is 5.91 Å². The lowest BCUT2D eigenvalue weighted by atomic mass is 10.1. The lowest BCUT2D eigenvalue weighted by Gasteiger charge is -2.31. The minimum Gasteiger partial charge on any atom is -0.312 e. The van der Waals surface area contributed by atoms with Crippen LogP contribution in [0.3, 0.4) is 0 Å². The van der Waals surface area contributed by atoms with Crippen molar-refractivity contribution in [3.8, 4) is 5.82 Å². The van der Waals surface area contributed by atoms with Gasteiger partial charge in [-0.3, -0.25) is 9.69 Å². The first-order chi connectivity index (χ1) is 14.1. The number of nitrogens with one attached hydrogen (secondary N) is 1. The maximum atomic E-state index is 12.8. The van der Waals surface area contributed by atoms with Gasteiger partial charge in [-0.2, -0.15) is 0 Å². The molecule has 1 saturated heterocycles. The highest BCUT2D eigenvalue weighted by Gasteiger charge is 2.17. The summed E-state index contributed by atoms with van der Waals surface area (Å²) in [7, 11) is 1.80. The average Bonchev–Trinajstić information content (AvgIpc) is 3.28. The van der Waals surface area contributed by atoms with Crippen molar-refractivity contribution in [2.75, 3.05) is 31.6 Å². The number of carbonyl (C=O) groups excluding carboxylic acids is 1. The third-order valence-corrected chi connectivity index (χ3v) is 5.35. The van der Waals surface area contributed by atoms with Crippen molar-refractivity contribution in [1.29, 1.82) is 0 Å². The van der Waals surface area contributed by atoms with Crippen molar-refractivity contribution < 1.29 is 4.79 Å². The quantitative estimate of drug-likeness (QED) is 0.729. The van der Waals surface area contributed by atoms with Crippen LogP contribution in [0.25, 0.3) is 5.82 Å². The van der Waals surface area contributed by atoms with Gasteiger partial charge in [0.2, 0.25) is 0 Å². The lowest BCUT2D eigenvalue weighted by Crippen LogP contribution is -2.48. The van der Waals surface area contributed by atoms with E-state index in [9.17, 15) is 4.79 Å². The van der Waals surface area contributed by atoms with Gasteiger partial charge in [-0.15, -0.1) is 0 Å². The molecule has 1 aromatic carbocycles. The number of hydrogen-bond donors (Lipinski definition) is 1. The molecule has 0 saturated carbocycles. The van der Waals surface area contributed by atoms with Gasteiger partial charge >= 0.3 is 0 Å². The zero-order valence-electron chi connectivity index (χ0n) is 17.0. The number of anilines is 1. The van der Waals surface area contributed by atoms with Crippen LogP contribution in [-0.4, -0.2) is 53.1 Å². The molecule has 6 heteroatoms. The Balaban J connectivity index is 1.40. The Morgan fingerprint density at radius 3 is 2.59 bits per heavy atom. The van der Waals surface area contributed by atoms with Crippen molar-refractivity contribution >= 4 is 11.6 Å². The van der Waals surface area contributed by atoms with Gasteiger partial charge in [0.25, 0.3) is 5.91 Å². The zero-order valence-corrected chi connectivity index (χ0v) is 17.0. The number of nitrogens with zero attached hydrogens (tertiary/aromatic N) is 4. The van der Waals surface area contributed by atoms with Crippen LogP contribution in [0.15, 0.2) is 67.1 Å². The largest absolute Gasteiger partial charge is 0.312 e. The van der Waals surface area contributed by atoms with E-state index in [1.54, 1.807) is 18.1 Å². The van der Waals surface area contributed by atoms with Gasteiger partial charge in [0.1, 0.15) is 5.82 Å². The molecule has 3 heterocycles. The molecule has 6 nitrogen and oxygen atoms in total. The number of amides is 1. The van der Waals surface area contributed by atoms with Crippen molar-refractivity contribution in [3.05, 3.63) is 78.2 Å². The van der Waals surface area contributed by atoms with E-state index in [0.717, 1.165) is 37.7 Å². The normalized spacial score (nSPS) is 17.2. The zero-order chi connectivity index (χ0) is 20.2. The predicted octanol–water partition coefficient (Wildman–Crippen LogP) is 2.94. The molecule has 4 rings (SSSR count). The van der Waals surface area contributed by atoms with Crippen LogP contribution in [0.1, 0.15) is 22.8 Å². The monoisotopic (exact) mass is 389 g/mol. The van der Waals surface area contributed by atoms with E-state index in [4.69, 9.17) is 0 Å². The molecule has 29 heavy (non-hydrogen) atoms. The van der Waals surface area contributed by atoms with Crippen molar-refractivity contribution in [1.82, 2.24) is 19.8 Å². The van der Waals surface area contributed by atoms with E-state index < -0.39 is 0 Å². The Hall–Kier alpha value is -2.96. The van der Waals surface area contributed by atoms with Gasteiger partial charge in [0, 0.05) is 63.5 Å². The second-order valence-electron chi connectivity index (χ2n) is 7.62. The molecule has 0 bridgehead atoms. The second kappa shape index (κ2) is 8.59. The Kier molecular flexibility index (Phi) is 5.74. The molecule has 1 fully saturated rings. The van der Waals surface area contributed by atoms with Crippen LogP contribution >= 0.6 is 0 Å². The summed E-state index contributed by atoms with van der Waals surface area (Å²) < 4.78 is 1.91. The fourth-order valence-electron chi connectivity index (χ4n) is 3.70. The molecule has 1 atom stereocenters. The molecule has 3 aromatic rings. The molecule has 1 N–H and O–H groups in total. The van der Waals surface area contributed by atoms with E-state index in [2.05, 4.69) is 34.3 Å². The first kappa shape index (κ1) is 19.4. The molecule has 1 aliphatic rings. The summed E-state index contributed by atoms with van der Waals surface area (Å²) in [5, 5.41) is 3.47. The number of carbonyl (C=O) groups is 1. The molecule has 0 aliphatic carbocycles. The third kappa shape index (κ3) is 4.55. The highest BCUT2D eigenvalue weighted by Crippen LogP contribution is 2.18. The smallest absolute Gasteiger partial charge is 0.259 e. The van der Waals surface area contributed by atoms with Gasteiger partial charge < -0.3 is 14.8 Å². The minimum atomic E-state index is -0.0692. The van der Waals surface area contributed by atoms with Crippen LogP contribution in [0, 0.1) is 0 Å². The molecular weight excluding hydrogens is 362 g/mol. The average molecular weight is 390 g/mol. The lowest BCUT2D eigenvalue weighted by molar-refractivity contribution is 0.0992. The first-order valence-electron chi connectivity index (χ1n) is 10.0. The Morgan fingerprint density at radius 1 is 1.17 bits per heavy atom. The second-order valence-corrected chi connectivity index (χ2v) is 7.62. The number of pyridine rings is 1. The highest BCUT2D eigenvalue weighted by molar-refractivity contribution is 6.05. The van der Waals surface area contributed by atoms with Gasteiger partial charge in [-0.25, -0.2) is 4.98 Å². The van der Waals surface area contributed by atoms with Crippen LogP contribution in [0.5, 0.6) is 0 Å². The van der Waals surface area contributed by atoms with Crippen LogP contribution < -0.4 is 10.2 Å². The maximum absolute atomic E-state index is 12.8. The fraction of sp³-hybridized carbons (Fsp3) is 0.304. The van der Waals surface area contributed by atoms with Crippen molar-refractivity contribution in [3.63, 3.8) is 0 Å². The molecular formula is C23H27N5O.